The SMILES string of the molecule is CSCN1CCCCC1=S. The third kappa shape index (κ3) is 2.13. The first kappa shape index (κ1) is 8.34. The molecule has 1 rings (SSSR count). The minimum Gasteiger partial charge on any atom is -0.357 e. The van der Waals surface area contributed by atoms with Gasteiger partial charge in [0.05, 0.1) is 10.9 Å². The zero-order valence-electron chi connectivity index (χ0n) is 6.30. The Morgan fingerprint density at radius 1 is 1.60 bits per heavy atom. The summed E-state index contributed by atoms with van der Waals surface area (Å²) in [5.41, 5.74) is 0. The minimum absolute atomic E-state index is 1.08. The van der Waals surface area contributed by atoms with E-state index in [0.717, 1.165) is 12.3 Å². The van der Waals surface area contributed by atoms with Crippen molar-refractivity contribution in [2.45, 2.75) is 19.3 Å². The van der Waals surface area contributed by atoms with Gasteiger partial charge in [-0.05, 0) is 25.5 Å². The van der Waals surface area contributed by atoms with Crippen molar-refractivity contribution in [3.05, 3.63) is 0 Å². The van der Waals surface area contributed by atoms with Gasteiger partial charge in [0.25, 0.3) is 0 Å². The molecule has 0 radical (unpaired) electrons. The zero-order valence-corrected chi connectivity index (χ0v) is 7.93. The van der Waals surface area contributed by atoms with Gasteiger partial charge in [-0.25, -0.2) is 0 Å². The minimum atomic E-state index is 1.08. The molecule has 0 aromatic rings. The van der Waals surface area contributed by atoms with Crippen LogP contribution in [0.25, 0.3) is 0 Å². The molecule has 0 aromatic heterocycles. The maximum absolute atomic E-state index is 5.21. The third-order valence-corrected chi connectivity index (χ3v) is 2.74. The monoisotopic (exact) mass is 175 g/mol. The molecule has 0 N–H and O–H groups in total. The van der Waals surface area contributed by atoms with Gasteiger partial charge >= 0.3 is 0 Å². The first-order valence-corrected chi connectivity index (χ1v) is 5.41. The molecule has 0 atom stereocenters. The van der Waals surface area contributed by atoms with Gasteiger partial charge in [0, 0.05) is 6.54 Å². The normalized spacial score (nSPS) is 19.7. The molecular weight excluding hydrogens is 162 g/mol. The van der Waals surface area contributed by atoms with Crippen LogP contribution in [0.2, 0.25) is 0 Å². The van der Waals surface area contributed by atoms with Crippen molar-refractivity contribution in [1.29, 1.82) is 0 Å². The van der Waals surface area contributed by atoms with Crippen LogP contribution in [0, 0.1) is 0 Å². The molecule has 1 heterocycles. The summed E-state index contributed by atoms with van der Waals surface area (Å²) in [6.45, 7) is 1.18. The van der Waals surface area contributed by atoms with Crippen molar-refractivity contribution in [2.75, 3.05) is 18.7 Å². The molecule has 1 nitrogen and oxygen atoms in total. The van der Waals surface area contributed by atoms with Crippen LogP contribution in [0.5, 0.6) is 0 Å². The molecule has 0 spiro atoms. The Labute approximate surface area is 72.2 Å². The van der Waals surface area contributed by atoms with E-state index in [1.165, 1.54) is 24.4 Å². The summed E-state index contributed by atoms with van der Waals surface area (Å²) < 4.78 is 0. The van der Waals surface area contributed by atoms with E-state index in [1.54, 1.807) is 0 Å². The molecule has 0 bridgehead atoms. The van der Waals surface area contributed by atoms with E-state index >= 15 is 0 Å². The predicted molar refractivity (Wildman–Crippen MR) is 51.5 cm³/mol. The molecule has 3 heteroatoms. The molecule has 1 saturated heterocycles. The molecule has 1 fully saturated rings. The highest BCUT2D eigenvalue weighted by atomic mass is 32.2. The maximum atomic E-state index is 5.21. The van der Waals surface area contributed by atoms with Gasteiger partial charge in [0.2, 0.25) is 0 Å². The molecule has 1 aliphatic rings. The number of likely N-dealkylation sites (tertiary alicyclic amines) is 1. The highest BCUT2D eigenvalue weighted by Crippen LogP contribution is 2.13. The largest absolute Gasteiger partial charge is 0.357 e. The summed E-state index contributed by atoms with van der Waals surface area (Å²) in [4.78, 5) is 3.48. The van der Waals surface area contributed by atoms with Gasteiger partial charge in [-0.15, -0.1) is 11.8 Å². The Hall–Kier alpha value is 0.240. The van der Waals surface area contributed by atoms with E-state index in [4.69, 9.17) is 12.2 Å². The second-order valence-electron chi connectivity index (χ2n) is 2.53. The van der Waals surface area contributed by atoms with Gasteiger partial charge in [-0.1, -0.05) is 12.2 Å². The topological polar surface area (TPSA) is 3.24 Å². The van der Waals surface area contributed by atoms with Gasteiger partial charge < -0.3 is 4.90 Å². The fraction of sp³-hybridized carbons (Fsp3) is 0.857. The Morgan fingerprint density at radius 3 is 3.00 bits per heavy atom. The molecule has 0 saturated carbocycles. The smallest absolute Gasteiger partial charge is 0.0786 e. The molecule has 10 heavy (non-hydrogen) atoms. The fourth-order valence-corrected chi connectivity index (χ4v) is 2.13. The predicted octanol–water partition coefficient (Wildman–Crippen LogP) is 2.12. The molecule has 1 aliphatic heterocycles. The number of thiocarbonyl (C=S) groups is 1. The summed E-state index contributed by atoms with van der Waals surface area (Å²) in [6.07, 6.45) is 5.87. The van der Waals surface area contributed by atoms with E-state index in [9.17, 15) is 0 Å². The van der Waals surface area contributed by atoms with Crippen molar-refractivity contribution >= 4 is 29.0 Å². The van der Waals surface area contributed by atoms with Crippen molar-refractivity contribution in [2.24, 2.45) is 0 Å². The average molecular weight is 175 g/mol. The Morgan fingerprint density at radius 2 is 2.40 bits per heavy atom. The molecule has 0 aliphatic carbocycles. The lowest BCUT2D eigenvalue weighted by molar-refractivity contribution is 0.431. The number of hydrogen-bond acceptors (Lipinski definition) is 2. The Bertz CT molecular complexity index is 123. The summed E-state index contributed by atoms with van der Waals surface area (Å²) in [7, 11) is 0. The highest BCUT2D eigenvalue weighted by molar-refractivity contribution is 7.98. The lowest BCUT2D eigenvalue weighted by Gasteiger charge is -2.28. The number of thioether (sulfide) groups is 1. The Kier molecular flexibility index (Phi) is 3.49. The standard InChI is InChI=1S/C7H13NS2/c1-10-6-8-5-3-2-4-7(8)9/h2-6H2,1H3. The second-order valence-corrected chi connectivity index (χ2v) is 3.84. The van der Waals surface area contributed by atoms with Crippen molar-refractivity contribution in [3.63, 3.8) is 0 Å². The van der Waals surface area contributed by atoms with E-state index < -0.39 is 0 Å². The van der Waals surface area contributed by atoms with Crippen LogP contribution in [0.15, 0.2) is 0 Å². The first-order chi connectivity index (χ1) is 4.84. The lowest BCUT2D eigenvalue weighted by Crippen LogP contribution is -2.33. The molecule has 0 amide bonds. The van der Waals surface area contributed by atoms with Crippen LogP contribution in [0.1, 0.15) is 19.3 Å². The van der Waals surface area contributed by atoms with Crippen molar-refractivity contribution in [3.8, 4) is 0 Å². The van der Waals surface area contributed by atoms with Crippen LogP contribution >= 0.6 is 24.0 Å². The second kappa shape index (κ2) is 4.19. The van der Waals surface area contributed by atoms with Crippen LogP contribution in [0.3, 0.4) is 0 Å². The number of piperidine rings is 1. The first-order valence-electron chi connectivity index (χ1n) is 3.61. The summed E-state index contributed by atoms with van der Waals surface area (Å²) in [6, 6.07) is 0. The summed E-state index contributed by atoms with van der Waals surface area (Å²) >= 11 is 7.06. The van der Waals surface area contributed by atoms with E-state index in [2.05, 4.69) is 11.2 Å². The van der Waals surface area contributed by atoms with Gasteiger partial charge in [0.1, 0.15) is 0 Å². The average Bonchev–Trinajstić information content (AvgIpc) is 1.94. The maximum Gasteiger partial charge on any atom is 0.0786 e. The van der Waals surface area contributed by atoms with Gasteiger partial charge in [0.15, 0.2) is 0 Å². The van der Waals surface area contributed by atoms with Crippen molar-refractivity contribution < 1.29 is 0 Å². The van der Waals surface area contributed by atoms with Gasteiger partial charge in [-0.2, -0.15) is 0 Å². The quantitative estimate of drug-likeness (QED) is 0.592. The molecule has 58 valence electrons. The fourth-order valence-electron chi connectivity index (χ4n) is 1.15. The Balaban J connectivity index is 2.32. The number of nitrogens with zero attached hydrogens (tertiary/aromatic N) is 1. The molecule has 0 unspecified atom stereocenters. The summed E-state index contributed by atoms with van der Waals surface area (Å²) in [5, 5.41) is 0. The highest BCUT2D eigenvalue weighted by Gasteiger charge is 2.12. The van der Waals surface area contributed by atoms with E-state index in [0.29, 0.717) is 0 Å². The van der Waals surface area contributed by atoms with Crippen LogP contribution < -0.4 is 0 Å². The lowest BCUT2D eigenvalue weighted by atomic mass is 10.1. The number of hydrogen-bond donors (Lipinski definition) is 0. The van der Waals surface area contributed by atoms with Crippen LogP contribution in [-0.2, 0) is 0 Å². The van der Waals surface area contributed by atoms with Crippen LogP contribution in [0.4, 0.5) is 0 Å². The van der Waals surface area contributed by atoms with Crippen molar-refractivity contribution in [1.82, 2.24) is 4.90 Å². The van der Waals surface area contributed by atoms with Crippen LogP contribution in [-0.4, -0.2) is 28.6 Å². The molecular formula is C7H13NS2. The zero-order chi connectivity index (χ0) is 7.40. The molecule has 0 aromatic carbocycles. The third-order valence-electron chi connectivity index (χ3n) is 1.71. The summed E-state index contributed by atoms with van der Waals surface area (Å²) in [5.74, 6) is 1.08. The van der Waals surface area contributed by atoms with Gasteiger partial charge in [-0.3, -0.25) is 0 Å². The number of rotatable bonds is 2. The van der Waals surface area contributed by atoms with E-state index in [-0.39, 0.29) is 0 Å². The van der Waals surface area contributed by atoms with E-state index in [1.807, 2.05) is 11.8 Å².